The molecule has 1 rings (SSSR count). The zero-order chi connectivity index (χ0) is 10.4. The van der Waals surface area contributed by atoms with E-state index in [0.717, 1.165) is 17.9 Å². The lowest BCUT2D eigenvalue weighted by Crippen LogP contribution is -2.14. The molecular weight excluding hydrogens is 200 g/mol. The van der Waals surface area contributed by atoms with E-state index in [4.69, 9.17) is 10.2 Å². The standard InChI is InChI=1S/C9H16N2O2S/c1-2-11-4-8(3-10-11)6-14-7-9(13)5-12/h3-4,9,12-13H,2,5-7H2,1H3. The van der Waals surface area contributed by atoms with Gasteiger partial charge < -0.3 is 10.2 Å². The van der Waals surface area contributed by atoms with E-state index in [1.165, 1.54) is 0 Å². The van der Waals surface area contributed by atoms with Gasteiger partial charge in [-0.05, 0) is 12.5 Å². The highest BCUT2D eigenvalue weighted by atomic mass is 32.2. The zero-order valence-electron chi connectivity index (χ0n) is 8.26. The van der Waals surface area contributed by atoms with Crippen LogP contribution in [0.5, 0.6) is 0 Å². The van der Waals surface area contributed by atoms with Crippen molar-refractivity contribution in [3.05, 3.63) is 18.0 Å². The van der Waals surface area contributed by atoms with Gasteiger partial charge in [0.05, 0.1) is 18.9 Å². The summed E-state index contributed by atoms with van der Waals surface area (Å²) in [6.07, 6.45) is 3.22. The molecule has 0 radical (unpaired) electrons. The molecule has 0 amide bonds. The molecule has 2 N–H and O–H groups in total. The van der Waals surface area contributed by atoms with Gasteiger partial charge in [-0.1, -0.05) is 0 Å². The maximum atomic E-state index is 9.10. The summed E-state index contributed by atoms with van der Waals surface area (Å²) >= 11 is 1.60. The van der Waals surface area contributed by atoms with Crippen LogP contribution in [-0.2, 0) is 12.3 Å². The Morgan fingerprint density at radius 2 is 2.43 bits per heavy atom. The third-order valence-corrected chi connectivity index (χ3v) is 2.96. The van der Waals surface area contributed by atoms with Crippen molar-refractivity contribution in [2.75, 3.05) is 12.4 Å². The van der Waals surface area contributed by atoms with Gasteiger partial charge in [0.25, 0.3) is 0 Å². The fourth-order valence-corrected chi connectivity index (χ4v) is 1.90. The fraction of sp³-hybridized carbons (Fsp3) is 0.667. The van der Waals surface area contributed by atoms with E-state index < -0.39 is 6.10 Å². The molecule has 0 saturated carbocycles. The lowest BCUT2D eigenvalue weighted by Gasteiger charge is -2.04. The monoisotopic (exact) mass is 216 g/mol. The summed E-state index contributed by atoms with van der Waals surface area (Å²) in [5.41, 5.74) is 1.15. The van der Waals surface area contributed by atoms with Crippen molar-refractivity contribution < 1.29 is 10.2 Å². The van der Waals surface area contributed by atoms with Crippen LogP contribution in [0.15, 0.2) is 12.4 Å². The summed E-state index contributed by atoms with van der Waals surface area (Å²) in [6.45, 7) is 2.75. The van der Waals surface area contributed by atoms with Crippen molar-refractivity contribution in [3.8, 4) is 0 Å². The first-order valence-electron chi connectivity index (χ1n) is 4.64. The van der Waals surface area contributed by atoms with Gasteiger partial charge in [0.1, 0.15) is 0 Å². The Morgan fingerprint density at radius 3 is 3.00 bits per heavy atom. The van der Waals surface area contributed by atoms with Crippen LogP contribution in [0.4, 0.5) is 0 Å². The molecule has 0 saturated heterocycles. The van der Waals surface area contributed by atoms with Crippen LogP contribution in [0.1, 0.15) is 12.5 Å². The van der Waals surface area contributed by atoms with Crippen LogP contribution in [0.3, 0.4) is 0 Å². The van der Waals surface area contributed by atoms with Gasteiger partial charge in [0.15, 0.2) is 0 Å². The van der Waals surface area contributed by atoms with Gasteiger partial charge in [-0.2, -0.15) is 16.9 Å². The van der Waals surface area contributed by atoms with E-state index in [0.29, 0.717) is 5.75 Å². The Labute approximate surface area is 87.9 Å². The molecule has 1 unspecified atom stereocenters. The van der Waals surface area contributed by atoms with E-state index >= 15 is 0 Å². The van der Waals surface area contributed by atoms with E-state index in [1.807, 2.05) is 24.0 Å². The summed E-state index contributed by atoms with van der Waals surface area (Å²) in [6, 6.07) is 0. The van der Waals surface area contributed by atoms with Gasteiger partial charge in [0, 0.05) is 24.2 Å². The summed E-state index contributed by atoms with van der Waals surface area (Å²) in [5.74, 6) is 1.39. The summed E-state index contributed by atoms with van der Waals surface area (Å²) < 4.78 is 1.87. The number of aliphatic hydroxyl groups is 2. The maximum absolute atomic E-state index is 9.10. The SMILES string of the molecule is CCn1cc(CSCC(O)CO)cn1. The van der Waals surface area contributed by atoms with E-state index in [-0.39, 0.29) is 6.61 Å². The number of nitrogens with zero attached hydrogens (tertiary/aromatic N) is 2. The largest absolute Gasteiger partial charge is 0.394 e. The van der Waals surface area contributed by atoms with Crippen LogP contribution in [0.2, 0.25) is 0 Å². The fourth-order valence-electron chi connectivity index (χ4n) is 1.02. The van der Waals surface area contributed by atoms with Gasteiger partial charge >= 0.3 is 0 Å². The Bertz CT molecular complexity index is 265. The van der Waals surface area contributed by atoms with Crippen LogP contribution in [0.25, 0.3) is 0 Å². The molecule has 1 aromatic heterocycles. The molecule has 0 fully saturated rings. The first-order chi connectivity index (χ1) is 6.76. The van der Waals surface area contributed by atoms with Crippen molar-refractivity contribution in [1.82, 2.24) is 9.78 Å². The lowest BCUT2D eigenvalue weighted by atomic mass is 10.4. The van der Waals surface area contributed by atoms with Crippen LogP contribution < -0.4 is 0 Å². The number of aromatic nitrogens is 2. The molecule has 1 heterocycles. The zero-order valence-corrected chi connectivity index (χ0v) is 9.07. The second-order valence-corrected chi connectivity index (χ2v) is 4.09. The van der Waals surface area contributed by atoms with E-state index in [9.17, 15) is 0 Å². The Hall–Kier alpha value is -0.520. The van der Waals surface area contributed by atoms with Gasteiger partial charge in [-0.15, -0.1) is 0 Å². The average Bonchev–Trinajstić information content (AvgIpc) is 2.65. The molecule has 1 atom stereocenters. The predicted molar refractivity (Wildman–Crippen MR) is 57.2 cm³/mol. The van der Waals surface area contributed by atoms with Crippen molar-refractivity contribution >= 4 is 11.8 Å². The first-order valence-corrected chi connectivity index (χ1v) is 5.79. The molecule has 4 nitrogen and oxygen atoms in total. The molecule has 0 aliphatic heterocycles. The average molecular weight is 216 g/mol. The van der Waals surface area contributed by atoms with Crippen molar-refractivity contribution in [2.45, 2.75) is 25.3 Å². The molecule has 80 valence electrons. The topological polar surface area (TPSA) is 58.3 Å². The minimum absolute atomic E-state index is 0.165. The highest BCUT2D eigenvalue weighted by molar-refractivity contribution is 7.98. The molecule has 1 aromatic rings. The number of hydrogen-bond donors (Lipinski definition) is 2. The Kier molecular flexibility index (Phi) is 5.00. The van der Waals surface area contributed by atoms with Crippen LogP contribution in [0, 0.1) is 0 Å². The minimum atomic E-state index is -0.610. The third kappa shape index (κ3) is 3.69. The second-order valence-electron chi connectivity index (χ2n) is 3.06. The number of aryl methyl sites for hydroxylation is 1. The molecule has 0 aliphatic carbocycles. The van der Waals surface area contributed by atoms with Gasteiger partial charge in [-0.3, -0.25) is 4.68 Å². The molecule has 0 spiro atoms. The highest BCUT2D eigenvalue weighted by Crippen LogP contribution is 2.12. The third-order valence-electron chi connectivity index (χ3n) is 1.80. The number of thioether (sulfide) groups is 1. The highest BCUT2D eigenvalue weighted by Gasteiger charge is 2.03. The molecule has 5 heteroatoms. The molecule has 0 aromatic carbocycles. The molecule has 0 aliphatic rings. The number of hydrogen-bond acceptors (Lipinski definition) is 4. The smallest absolute Gasteiger partial charge is 0.0861 e. The summed E-state index contributed by atoms with van der Waals surface area (Å²) in [7, 11) is 0. The molecule has 14 heavy (non-hydrogen) atoms. The van der Waals surface area contributed by atoms with Crippen molar-refractivity contribution in [3.63, 3.8) is 0 Å². The van der Waals surface area contributed by atoms with E-state index in [2.05, 4.69) is 5.10 Å². The predicted octanol–water partition coefficient (Wildman–Crippen LogP) is 0.489. The normalized spacial score (nSPS) is 13.1. The quantitative estimate of drug-likeness (QED) is 0.726. The number of rotatable bonds is 6. The van der Waals surface area contributed by atoms with Gasteiger partial charge in [-0.25, -0.2) is 0 Å². The van der Waals surface area contributed by atoms with Crippen LogP contribution >= 0.6 is 11.8 Å². The number of aliphatic hydroxyl groups excluding tert-OH is 2. The Balaban J connectivity index is 2.24. The van der Waals surface area contributed by atoms with E-state index in [1.54, 1.807) is 11.8 Å². The van der Waals surface area contributed by atoms with Crippen molar-refractivity contribution in [2.24, 2.45) is 0 Å². The van der Waals surface area contributed by atoms with Crippen molar-refractivity contribution in [1.29, 1.82) is 0 Å². The Morgan fingerprint density at radius 1 is 1.64 bits per heavy atom. The molecule has 0 bridgehead atoms. The molecular formula is C9H16N2O2S. The first kappa shape index (κ1) is 11.6. The maximum Gasteiger partial charge on any atom is 0.0861 e. The lowest BCUT2D eigenvalue weighted by molar-refractivity contribution is 0.113. The van der Waals surface area contributed by atoms with Crippen LogP contribution in [-0.4, -0.2) is 38.5 Å². The summed E-state index contributed by atoms with van der Waals surface area (Å²) in [4.78, 5) is 0. The van der Waals surface area contributed by atoms with Gasteiger partial charge in [0.2, 0.25) is 0 Å². The second kappa shape index (κ2) is 6.06. The summed E-state index contributed by atoms with van der Waals surface area (Å²) in [5, 5.41) is 21.8. The minimum Gasteiger partial charge on any atom is -0.394 e.